The van der Waals surface area contributed by atoms with E-state index in [2.05, 4.69) is 75.4 Å². The van der Waals surface area contributed by atoms with E-state index in [9.17, 15) is 5.26 Å². The predicted octanol–water partition coefficient (Wildman–Crippen LogP) is 5.25. The molecule has 0 unspecified atom stereocenters. The SMILES string of the molecule is Cl.ClCCN(CCCl)Cc1ccccc1.N#CC1(N)CC1.N#CC1(N2CCN(Cc3ccccc3)CC2)CC1. The molecule has 3 aliphatic rings. The topological polar surface area (TPSA) is 83.3 Å². The molecular weight excluding hydrogens is 551 g/mol. The van der Waals surface area contributed by atoms with Crippen LogP contribution in [0.1, 0.15) is 36.8 Å². The Labute approximate surface area is 250 Å². The molecule has 2 saturated carbocycles. The lowest BCUT2D eigenvalue weighted by Crippen LogP contribution is -2.50. The monoisotopic (exact) mass is 590 g/mol. The molecule has 0 amide bonds. The molecule has 39 heavy (non-hydrogen) atoms. The van der Waals surface area contributed by atoms with Gasteiger partial charge in [0.2, 0.25) is 0 Å². The zero-order valence-electron chi connectivity index (χ0n) is 22.7. The Morgan fingerprint density at radius 2 is 1.28 bits per heavy atom. The average molecular weight is 592 g/mol. The van der Waals surface area contributed by atoms with Crippen molar-refractivity contribution in [2.24, 2.45) is 5.73 Å². The van der Waals surface area contributed by atoms with Crippen LogP contribution in [0.4, 0.5) is 0 Å². The van der Waals surface area contributed by atoms with Crippen molar-refractivity contribution in [2.75, 3.05) is 51.0 Å². The van der Waals surface area contributed by atoms with Crippen molar-refractivity contribution in [3.8, 4) is 12.1 Å². The van der Waals surface area contributed by atoms with Crippen molar-refractivity contribution in [3.63, 3.8) is 0 Å². The van der Waals surface area contributed by atoms with E-state index in [1.54, 1.807) is 0 Å². The minimum atomic E-state index is -0.403. The van der Waals surface area contributed by atoms with Crippen molar-refractivity contribution in [1.29, 1.82) is 10.5 Å². The van der Waals surface area contributed by atoms with Crippen LogP contribution in [0.15, 0.2) is 60.7 Å². The van der Waals surface area contributed by atoms with E-state index in [0.717, 1.165) is 78.0 Å². The summed E-state index contributed by atoms with van der Waals surface area (Å²) in [6, 6.07) is 25.5. The molecular formula is C30H41Cl3N6. The lowest BCUT2D eigenvalue weighted by Gasteiger charge is -2.37. The molecule has 5 rings (SSSR count). The highest BCUT2D eigenvalue weighted by atomic mass is 35.5. The van der Waals surface area contributed by atoms with Gasteiger partial charge in [0, 0.05) is 64.1 Å². The fraction of sp³-hybridized carbons (Fsp3) is 0.533. The van der Waals surface area contributed by atoms with Gasteiger partial charge in [-0.3, -0.25) is 14.7 Å². The standard InChI is InChI=1S/C15H19N3.C11H15Cl2N.C4H6N2.ClH/c16-13-15(6-7-15)18-10-8-17(9-11-18)12-14-4-2-1-3-5-14;12-6-8-14(9-7-13)10-11-4-2-1-3-5-11;5-3-4(6)1-2-4;/h1-5H,6-12H2;1-5H,6-10H2;1-2,6H2;1H. The lowest BCUT2D eigenvalue weighted by atomic mass is 10.1. The quantitative estimate of drug-likeness (QED) is 0.401. The van der Waals surface area contributed by atoms with Gasteiger partial charge < -0.3 is 5.73 Å². The van der Waals surface area contributed by atoms with Crippen LogP contribution in [0, 0.1) is 22.7 Å². The molecule has 0 aromatic heterocycles. The molecule has 212 valence electrons. The van der Waals surface area contributed by atoms with E-state index in [1.165, 1.54) is 11.1 Å². The largest absolute Gasteiger partial charge is 0.313 e. The summed E-state index contributed by atoms with van der Waals surface area (Å²) in [4.78, 5) is 7.13. The molecule has 9 heteroatoms. The number of hydrogen-bond acceptors (Lipinski definition) is 6. The second-order valence-electron chi connectivity index (χ2n) is 10.3. The molecule has 3 fully saturated rings. The molecule has 0 radical (unpaired) electrons. The Morgan fingerprint density at radius 3 is 1.67 bits per heavy atom. The third-order valence-electron chi connectivity index (χ3n) is 7.22. The molecule has 2 aromatic rings. The van der Waals surface area contributed by atoms with Crippen LogP contribution in [-0.2, 0) is 13.1 Å². The maximum atomic E-state index is 9.20. The van der Waals surface area contributed by atoms with E-state index in [0.29, 0.717) is 11.8 Å². The minimum absolute atomic E-state index is 0. The first-order valence-electron chi connectivity index (χ1n) is 13.5. The van der Waals surface area contributed by atoms with Gasteiger partial charge in [-0.15, -0.1) is 35.6 Å². The van der Waals surface area contributed by atoms with Crippen molar-refractivity contribution in [1.82, 2.24) is 14.7 Å². The summed E-state index contributed by atoms with van der Waals surface area (Å²) in [7, 11) is 0. The molecule has 1 heterocycles. The zero-order chi connectivity index (χ0) is 27.3. The first kappa shape index (κ1) is 33.3. The average Bonchev–Trinajstić information content (AvgIpc) is 3.89. The number of nitrogens with two attached hydrogens (primary N) is 1. The summed E-state index contributed by atoms with van der Waals surface area (Å²) in [6.45, 7) is 8.00. The van der Waals surface area contributed by atoms with Crippen molar-refractivity contribution in [3.05, 3.63) is 71.8 Å². The maximum Gasteiger partial charge on any atom is 0.109 e. The van der Waals surface area contributed by atoms with Crippen LogP contribution in [0.3, 0.4) is 0 Å². The lowest BCUT2D eigenvalue weighted by molar-refractivity contribution is 0.101. The predicted molar refractivity (Wildman–Crippen MR) is 163 cm³/mol. The number of piperazine rings is 1. The number of rotatable bonds is 9. The Kier molecular flexibility index (Phi) is 14.6. The number of benzene rings is 2. The van der Waals surface area contributed by atoms with Gasteiger partial charge in [-0.25, -0.2) is 0 Å². The Morgan fingerprint density at radius 1 is 0.769 bits per heavy atom. The summed E-state index contributed by atoms with van der Waals surface area (Å²) in [5.41, 5.74) is 7.49. The zero-order valence-corrected chi connectivity index (χ0v) is 25.0. The fourth-order valence-electron chi connectivity index (χ4n) is 4.39. The summed E-state index contributed by atoms with van der Waals surface area (Å²) in [5.74, 6) is 1.31. The van der Waals surface area contributed by atoms with E-state index >= 15 is 0 Å². The molecule has 1 aliphatic heterocycles. The normalized spacial score (nSPS) is 18.6. The second-order valence-corrected chi connectivity index (χ2v) is 11.1. The highest BCUT2D eigenvalue weighted by molar-refractivity contribution is 6.18. The molecule has 6 nitrogen and oxygen atoms in total. The molecule has 2 aliphatic carbocycles. The number of alkyl halides is 2. The minimum Gasteiger partial charge on any atom is -0.313 e. The van der Waals surface area contributed by atoms with E-state index in [4.69, 9.17) is 34.2 Å². The number of halogens is 3. The Bertz CT molecular complexity index is 1020. The molecule has 1 saturated heterocycles. The van der Waals surface area contributed by atoms with Crippen LogP contribution < -0.4 is 5.73 Å². The van der Waals surface area contributed by atoms with Crippen LogP contribution in [0.2, 0.25) is 0 Å². The van der Waals surface area contributed by atoms with Gasteiger partial charge in [0.25, 0.3) is 0 Å². The molecule has 0 bridgehead atoms. The fourth-order valence-corrected chi connectivity index (χ4v) is 4.87. The third-order valence-corrected chi connectivity index (χ3v) is 7.56. The van der Waals surface area contributed by atoms with Crippen molar-refractivity contribution < 1.29 is 0 Å². The van der Waals surface area contributed by atoms with Gasteiger partial charge in [0.1, 0.15) is 11.1 Å². The van der Waals surface area contributed by atoms with Gasteiger partial charge in [0.05, 0.1) is 12.1 Å². The van der Waals surface area contributed by atoms with Gasteiger partial charge >= 0.3 is 0 Å². The summed E-state index contributed by atoms with van der Waals surface area (Å²) >= 11 is 11.4. The van der Waals surface area contributed by atoms with Gasteiger partial charge in [-0.05, 0) is 36.8 Å². The molecule has 2 aromatic carbocycles. The smallest absolute Gasteiger partial charge is 0.109 e. The highest BCUT2D eigenvalue weighted by Gasteiger charge is 2.49. The highest BCUT2D eigenvalue weighted by Crippen LogP contribution is 2.41. The van der Waals surface area contributed by atoms with Crippen LogP contribution in [-0.4, -0.2) is 76.8 Å². The Balaban J connectivity index is 0.000000226. The molecule has 2 N–H and O–H groups in total. The van der Waals surface area contributed by atoms with Gasteiger partial charge in [0.15, 0.2) is 0 Å². The van der Waals surface area contributed by atoms with Crippen molar-refractivity contribution >= 4 is 35.6 Å². The Hall–Kier alpha value is -1.87. The number of hydrogen-bond donors (Lipinski definition) is 1. The second kappa shape index (κ2) is 17.1. The summed E-state index contributed by atoms with van der Waals surface area (Å²) in [5, 5.41) is 17.3. The summed E-state index contributed by atoms with van der Waals surface area (Å²) < 4.78 is 0. The van der Waals surface area contributed by atoms with Crippen LogP contribution >= 0.6 is 35.6 Å². The number of nitrogens with zero attached hydrogens (tertiary/aromatic N) is 5. The van der Waals surface area contributed by atoms with Crippen LogP contribution in [0.5, 0.6) is 0 Å². The van der Waals surface area contributed by atoms with Gasteiger partial charge in [-0.2, -0.15) is 10.5 Å². The first-order valence-corrected chi connectivity index (χ1v) is 14.5. The van der Waals surface area contributed by atoms with E-state index in [-0.39, 0.29) is 17.9 Å². The first-order chi connectivity index (χ1) is 18.5. The summed E-state index contributed by atoms with van der Waals surface area (Å²) in [6.07, 6.45) is 3.93. The third kappa shape index (κ3) is 11.6. The molecule has 0 spiro atoms. The van der Waals surface area contributed by atoms with Gasteiger partial charge in [-0.1, -0.05) is 60.7 Å². The van der Waals surface area contributed by atoms with Crippen LogP contribution in [0.25, 0.3) is 0 Å². The van der Waals surface area contributed by atoms with E-state index in [1.807, 2.05) is 12.1 Å². The number of nitriles is 2. The molecule has 0 atom stereocenters. The maximum absolute atomic E-state index is 9.20. The van der Waals surface area contributed by atoms with Crippen molar-refractivity contribution in [2.45, 2.75) is 49.9 Å². The van der Waals surface area contributed by atoms with E-state index < -0.39 is 5.54 Å².